The first-order valence-electron chi connectivity index (χ1n) is 7.18. The third-order valence-corrected chi connectivity index (χ3v) is 3.24. The molecule has 0 heterocycles. The van der Waals surface area contributed by atoms with E-state index >= 15 is 0 Å². The lowest BCUT2D eigenvalue weighted by Crippen LogP contribution is -2.34. The second-order valence-electron chi connectivity index (χ2n) is 4.98. The number of rotatable bonds is 6. The molecule has 0 aromatic heterocycles. The van der Waals surface area contributed by atoms with E-state index in [1.54, 1.807) is 0 Å². The summed E-state index contributed by atoms with van der Waals surface area (Å²) in [6, 6.07) is 8.23. The number of nitrogens with zero attached hydrogens (tertiary/aromatic N) is 1. The summed E-state index contributed by atoms with van der Waals surface area (Å²) in [5, 5.41) is 25.1. The van der Waals surface area contributed by atoms with Crippen molar-refractivity contribution in [3.8, 4) is 5.75 Å². The van der Waals surface area contributed by atoms with Crippen molar-refractivity contribution in [1.29, 1.82) is 0 Å². The van der Waals surface area contributed by atoms with Crippen LogP contribution >= 0.6 is 0 Å². The number of hydrogen-bond acceptors (Lipinski definition) is 5. The number of amides is 2. The maximum Gasteiger partial charge on any atom is 0.310 e. The van der Waals surface area contributed by atoms with Crippen molar-refractivity contribution in [2.45, 2.75) is 0 Å². The fourth-order valence-electron chi connectivity index (χ4n) is 1.98. The average molecular weight is 347 g/mol. The van der Waals surface area contributed by atoms with Crippen LogP contribution in [0.25, 0.3) is 0 Å². The lowest BCUT2D eigenvalue weighted by atomic mass is 10.2. The molecule has 2 amide bonds. The van der Waals surface area contributed by atoms with Gasteiger partial charge in [-0.2, -0.15) is 0 Å². The van der Waals surface area contributed by atoms with E-state index in [1.165, 1.54) is 18.2 Å². The van der Waals surface area contributed by atoms with Gasteiger partial charge in [-0.1, -0.05) is 0 Å². The van der Waals surface area contributed by atoms with Crippen molar-refractivity contribution < 1.29 is 24.0 Å². The molecule has 2 aromatic carbocycles. The van der Waals surface area contributed by atoms with Crippen LogP contribution in [0.15, 0.2) is 42.5 Å². The maximum atomic E-state index is 12.8. The quantitative estimate of drug-likeness (QED) is 0.416. The molecule has 0 aliphatic carbocycles. The second-order valence-corrected chi connectivity index (χ2v) is 4.98. The summed E-state index contributed by atoms with van der Waals surface area (Å²) in [7, 11) is 0. The molecule has 0 aliphatic rings. The third-order valence-electron chi connectivity index (χ3n) is 3.24. The highest BCUT2D eigenvalue weighted by Gasteiger charge is 2.15. The number of phenols is 1. The summed E-state index contributed by atoms with van der Waals surface area (Å²) in [5.74, 6) is -2.03. The Morgan fingerprint density at radius 3 is 2.04 bits per heavy atom. The Kier molecular flexibility index (Phi) is 5.62. The van der Waals surface area contributed by atoms with Crippen molar-refractivity contribution in [2.75, 3.05) is 13.1 Å². The number of nitrogens with one attached hydrogen (secondary N) is 2. The standard InChI is InChI=1S/C16H14FN3O5/c17-12-4-1-10(2-5-12)15(22)18-7-8-19-16(23)11-3-6-13(20(24)25)14(21)9-11/h1-6,9,21H,7-8H2,(H,18,22)(H,19,23). The number of carbonyl (C=O) groups excluding carboxylic acids is 2. The lowest BCUT2D eigenvalue weighted by molar-refractivity contribution is -0.385. The van der Waals surface area contributed by atoms with E-state index in [-0.39, 0.29) is 24.2 Å². The van der Waals surface area contributed by atoms with Gasteiger partial charge in [-0.3, -0.25) is 19.7 Å². The van der Waals surface area contributed by atoms with Gasteiger partial charge in [0.2, 0.25) is 0 Å². The fourth-order valence-corrected chi connectivity index (χ4v) is 1.98. The van der Waals surface area contributed by atoms with Gasteiger partial charge in [0.05, 0.1) is 4.92 Å². The Bertz CT molecular complexity index is 808. The van der Waals surface area contributed by atoms with Gasteiger partial charge in [-0.05, 0) is 36.4 Å². The van der Waals surface area contributed by atoms with E-state index in [0.29, 0.717) is 0 Å². The lowest BCUT2D eigenvalue weighted by Gasteiger charge is -2.07. The molecule has 8 nitrogen and oxygen atoms in total. The molecule has 2 rings (SSSR count). The number of hydrogen-bond donors (Lipinski definition) is 3. The minimum Gasteiger partial charge on any atom is -0.502 e. The number of halogens is 1. The Morgan fingerprint density at radius 1 is 1.00 bits per heavy atom. The summed E-state index contributed by atoms with van der Waals surface area (Å²) in [6.45, 7) is 0.227. The highest BCUT2D eigenvalue weighted by molar-refractivity contribution is 5.95. The van der Waals surface area contributed by atoms with E-state index in [2.05, 4.69) is 10.6 Å². The van der Waals surface area contributed by atoms with Crippen LogP contribution in [0.1, 0.15) is 20.7 Å². The largest absolute Gasteiger partial charge is 0.502 e. The van der Waals surface area contributed by atoms with Crippen LogP contribution in [0.2, 0.25) is 0 Å². The Hall–Kier alpha value is -3.49. The Labute approximate surface area is 141 Å². The number of carbonyl (C=O) groups is 2. The SMILES string of the molecule is O=C(NCCNC(=O)c1ccc([N+](=O)[O-])c(O)c1)c1ccc(F)cc1. The molecule has 0 bridgehead atoms. The molecular weight excluding hydrogens is 333 g/mol. The molecule has 25 heavy (non-hydrogen) atoms. The fraction of sp³-hybridized carbons (Fsp3) is 0.125. The summed E-state index contributed by atoms with van der Waals surface area (Å²) < 4.78 is 12.8. The Balaban J connectivity index is 1.82. The van der Waals surface area contributed by atoms with E-state index in [1.807, 2.05) is 0 Å². The van der Waals surface area contributed by atoms with Crippen LogP contribution in [-0.2, 0) is 0 Å². The predicted molar refractivity (Wildman–Crippen MR) is 85.8 cm³/mol. The topological polar surface area (TPSA) is 122 Å². The molecule has 2 aromatic rings. The van der Waals surface area contributed by atoms with E-state index in [0.717, 1.165) is 24.3 Å². The Morgan fingerprint density at radius 2 is 1.52 bits per heavy atom. The molecule has 0 saturated carbocycles. The normalized spacial score (nSPS) is 10.1. The van der Waals surface area contributed by atoms with Crippen LogP contribution in [0, 0.1) is 15.9 Å². The molecule has 0 fully saturated rings. The first-order valence-corrected chi connectivity index (χ1v) is 7.18. The summed E-state index contributed by atoms with van der Waals surface area (Å²) in [4.78, 5) is 33.5. The smallest absolute Gasteiger partial charge is 0.310 e. The maximum absolute atomic E-state index is 12.8. The van der Waals surface area contributed by atoms with Crippen molar-refractivity contribution >= 4 is 17.5 Å². The number of phenolic OH excluding ortho intramolecular Hbond substituents is 1. The highest BCUT2D eigenvalue weighted by Crippen LogP contribution is 2.26. The molecule has 0 radical (unpaired) electrons. The average Bonchev–Trinajstić information content (AvgIpc) is 2.58. The molecule has 0 unspecified atom stereocenters. The monoisotopic (exact) mass is 347 g/mol. The van der Waals surface area contributed by atoms with Crippen molar-refractivity contribution in [3.05, 3.63) is 69.5 Å². The van der Waals surface area contributed by atoms with Gasteiger partial charge < -0.3 is 15.7 Å². The molecule has 130 valence electrons. The zero-order chi connectivity index (χ0) is 18.4. The van der Waals surface area contributed by atoms with Gasteiger partial charge >= 0.3 is 5.69 Å². The van der Waals surface area contributed by atoms with Gasteiger partial charge in [0.1, 0.15) is 5.82 Å². The minimum absolute atomic E-state index is 0.0490. The second kappa shape index (κ2) is 7.86. The van der Waals surface area contributed by atoms with Crippen LogP contribution in [0.4, 0.5) is 10.1 Å². The van der Waals surface area contributed by atoms with Gasteiger partial charge in [-0.15, -0.1) is 0 Å². The highest BCUT2D eigenvalue weighted by atomic mass is 19.1. The van der Waals surface area contributed by atoms with E-state index < -0.39 is 34.0 Å². The van der Waals surface area contributed by atoms with Gasteiger partial charge in [0.25, 0.3) is 11.8 Å². The molecule has 0 atom stereocenters. The van der Waals surface area contributed by atoms with Crippen LogP contribution in [0.3, 0.4) is 0 Å². The van der Waals surface area contributed by atoms with E-state index in [4.69, 9.17) is 0 Å². The van der Waals surface area contributed by atoms with Crippen molar-refractivity contribution in [1.82, 2.24) is 10.6 Å². The van der Waals surface area contributed by atoms with Crippen molar-refractivity contribution in [3.63, 3.8) is 0 Å². The first kappa shape index (κ1) is 17.9. The van der Waals surface area contributed by atoms with Crippen molar-refractivity contribution in [2.24, 2.45) is 0 Å². The zero-order valence-electron chi connectivity index (χ0n) is 12.9. The van der Waals surface area contributed by atoms with Crippen LogP contribution in [-0.4, -0.2) is 34.9 Å². The van der Waals surface area contributed by atoms with Crippen LogP contribution in [0.5, 0.6) is 5.75 Å². The molecule has 3 N–H and O–H groups in total. The van der Waals surface area contributed by atoms with Crippen LogP contribution < -0.4 is 10.6 Å². The summed E-state index contributed by atoms with van der Waals surface area (Å²) in [6.07, 6.45) is 0. The van der Waals surface area contributed by atoms with Gasteiger partial charge in [0, 0.05) is 30.3 Å². The number of nitro benzene ring substituents is 1. The predicted octanol–water partition coefficient (Wildman–Crippen LogP) is 1.60. The number of nitro groups is 1. The summed E-state index contributed by atoms with van der Waals surface area (Å²) in [5.41, 5.74) is -0.163. The summed E-state index contributed by atoms with van der Waals surface area (Å²) >= 11 is 0. The van der Waals surface area contributed by atoms with Gasteiger partial charge in [0.15, 0.2) is 5.75 Å². The molecule has 0 spiro atoms. The van der Waals surface area contributed by atoms with Gasteiger partial charge in [-0.25, -0.2) is 4.39 Å². The molecule has 9 heteroatoms. The minimum atomic E-state index is -0.762. The third kappa shape index (κ3) is 4.74. The molecular formula is C16H14FN3O5. The van der Waals surface area contributed by atoms with E-state index in [9.17, 15) is 29.2 Å². The molecule has 0 aliphatic heterocycles. The molecule has 0 saturated heterocycles. The number of aromatic hydroxyl groups is 1. The first-order chi connectivity index (χ1) is 11.9. The number of benzene rings is 2. The zero-order valence-corrected chi connectivity index (χ0v) is 12.9.